The molecule has 1 aliphatic heterocycles. The van der Waals surface area contributed by atoms with Gasteiger partial charge in [0, 0.05) is 38.7 Å². The maximum atomic E-state index is 12.8. The van der Waals surface area contributed by atoms with Crippen LogP contribution in [0.3, 0.4) is 0 Å². The van der Waals surface area contributed by atoms with Crippen molar-refractivity contribution < 1.29 is 14.6 Å². The van der Waals surface area contributed by atoms with Gasteiger partial charge in [0.25, 0.3) is 0 Å². The Kier molecular flexibility index (Phi) is 5.53. The van der Waals surface area contributed by atoms with E-state index in [1.54, 1.807) is 0 Å². The topological polar surface area (TPSA) is 61.8 Å². The van der Waals surface area contributed by atoms with Gasteiger partial charge in [-0.25, -0.2) is 0 Å². The number of rotatable bonds is 6. The molecule has 4 rings (SSSR count). The summed E-state index contributed by atoms with van der Waals surface area (Å²) in [6.45, 7) is 3.47. The fourth-order valence-corrected chi connectivity index (χ4v) is 4.22. The molecule has 2 aromatic rings. The van der Waals surface area contributed by atoms with Crippen LogP contribution < -0.4 is 5.32 Å². The minimum atomic E-state index is -0.280. The Bertz CT molecular complexity index is 762. The van der Waals surface area contributed by atoms with Crippen LogP contribution in [-0.4, -0.2) is 61.4 Å². The number of aliphatic hydroxyl groups is 1. The SMILES string of the molecule is O=C(OCC1c2ccccc2-c2ccccc21)C1CNCCN1CCCO. The molecule has 142 valence electrons. The van der Waals surface area contributed by atoms with Crippen molar-refractivity contribution in [2.45, 2.75) is 18.4 Å². The summed E-state index contributed by atoms with van der Waals surface area (Å²) in [5, 5.41) is 12.4. The molecule has 0 bridgehead atoms. The van der Waals surface area contributed by atoms with E-state index in [1.807, 2.05) is 12.1 Å². The molecule has 1 saturated heterocycles. The standard InChI is InChI=1S/C22H26N2O3/c25-13-5-11-24-12-10-23-14-21(24)22(26)27-15-20-18-8-3-1-6-16(18)17-7-2-4-9-19(17)20/h1-4,6-9,20-21,23,25H,5,10-15H2. The van der Waals surface area contributed by atoms with Crippen LogP contribution in [0.4, 0.5) is 0 Å². The van der Waals surface area contributed by atoms with Crippen LogP contribution in [0.15, 0.2) is 48.5 Å². The van der Waals surface area contributed by atoms with Crippen molar-refractivity contribution in [1.29, 1.82) is 0 Å². The van der Waals surface area contributed by atoms with Gasteiger partial charge >= 0.3 is 5.97 Å². The lowest BCUT2D eigenvalue weighted by molar-refractivity contribution is -0.151. The largest absolute Gasteiger partial charge is 0.463 e. The summed E-state index contributed by atoms with van der Waals surface area (Å²) in [5.74, 6) is -0.0919. The van der Waals surface area contributed by atoms with Crippen LogP contribution in [0.5, 0.6) is 0 Å². The zero-order chi connectivity index (χ0) is 18.6. The molecule has 2 aliphatic rings. The molecule has 2 N–H and O–H groups in total. The Balaban J connectivity index is 1.47. The molecule has 0 saturated carbocycles. The van der Waals surface area contributed by atoms with E-state index in [0.29, 0.717) is 26.1 Å². The van der Waals surface area contributed by atoms with Crippen molar-refractivity contribution in [3.05, 3.63) is 59.7 Å². The fraction of sp³-hybridized carbons (Fsp3) is 0.409. The second-order valence-corrected chi connectivity index (χ2v) is 7.19. The van der Waals surface area contributed by atoms with Gasteiger partial charge in [-0.3, -0.25) is 9.69 Å². The van der Waals surface area contributed by atoms with Crippen LogP contribution in [-0.2, 0) is 9.53 Å². The van der Waals surface area contributed by atoms with Crippen LogP contribution >= 0.6 is 0 Å². The van der Waals surface area contributed by atoms with E-state index in [9.17, 15) is 4.79 Å². The molecule has 1 heterocycles. The van der Waals surface area contributed by atoms with Crippen molar-refractivity contribution in [2.75, 3.05) is 39.4 Å². The van der Waals surface area contributed by atoms with Crippen molar-refractivity contribution in [2.24, 2.45) is 0 Å². The number of fused-ring (bicyclic) bond motifs is 3. The highest BCUT2D eigenvalue weighted by atomic mass is 16.5. The minimum Gasteiger partial charge on any atom is -0.463 e. The normalized spacial score (nSPS) is 19.5. The molecule has 5 heteroatoms. The lowest BCUT2D eigenvalue weighted by atomic mass is 9.98. The molecule has 0 aromatic heterocycles. The van der Waals surface area contributed by atoms with E-state index < -0.39 is 0 Å². The molecule has 1 fully saturated rings. The van der Waals surface area contributed by atoms with Gasteiger partial charge in [-0.05, 0) is 28.7 Å². The number of hydrogen-bond donors (Lipinski definition) is 2. The van der Waals surface area contributed by atoms with Crippen molar-refractivity contribution in [3.63, 3.8) is 0 Å². The molecule has 27 heavy (non-hydrogen) atoms. The number of ether oxygens (including phenoxy) is 1. The van der Waals surface area contributed by atoms with Gasteiger partial charge in [-0.15, -0.1) is 0 Å². The van der Waals surface area contributed by atoms with E-state index in [0.717, 1.165) is 13.1 Å². The molecule has 0 spiro atoms. The second-order valence-electron chi connectivity index (χ2n) is 7.19. The van der Waals surface area contributed by atoms with E-state index in [1.165, 1.54) is 22.3 Å². The summed E-state index contributed by atoms with van der Waals surface area (Å²) in [4.78, 5) is 14.9. The summed E-state index contributed by atoms with van der Waals surface area (Å²) in [6.07, 6.45) is 0.674. The van der Waals surface area contributed by atoms with Crippen LogP contribution in [0.2, 0.25) is 0 Å². The molecule has 0 amide bonds. The molecule has 0 radical (unpaired) electrons. The first-order valence-corrected chi connectivity index (χ1v) is 9.70. The minimum absolute atomic E-state index is 0.0868. The first kappa shape index (κ1) is 18.2. The molecule has 1 aliphatic carbocycles. The van der Waals surface area contributed by atoms with E-state index in [-0.39, 0.29) is 24.5 Å². The summed E-state index contributed by atoms with van der Waals surface area (Å²) < 4.78 is 5.81. The highest BCUT2D eigenvalue weighted by Gasteiger charge is 2.32. The van der Waals surface area contributed by atoms with Crippen molar-refractivity contribution >= 4 is 5.97 Å². The van der Waals surface area contributed by atoms with Gasteiger partial charge in [0.1, 0.15) is 12.6 Å². The van der Waals surface area contributed by atoms with Gasteiger partial charge in [0.15, 0.2) is 0 Å². The highest BCUT2D eigenvalue weighted by Crippen LogP contribution is 2.44. The third-order valence-electron chi connectivity index (χ3n) is 5.58. The molecule has 5 nitrogen and oxygen atoms in total. The zero-order valence-corrected chi connectivity index (χ0v) is 15.4. The average molecular weight is 366 g/mol. The van der Waals surface area contributed by atoms with Crippen LogP contribution in [0, 0.1) is 0 Å². The summed E-state index contributed by atoms with van der Waals surface area (Å²) in [7, 11) is 0. The predicted octanol–water partition coefficient (Wildman–Crippen LogP) is 2.00. The highest BCUT2D eigenvalue weighted by molar-refractivity contribution is 5.80. The van der Waals surface area contributed by atoms with Crippen molar-refractivity contribution in [3.8, 4) is 11.1 Å². The number of aliphatic hydroxyl groups excluding tert-OH is 1. The molecular weight excluding hydrogens is 340 g/mol. The maximum Gasteiger partial charge on any atom is 0.324 e. The van der Waals surface area contributed by atoms with E-state index >= 15 is 0 Å². The summed E-state index contributed by atoms with van der Waals surface area (Å²) in [6, 6.07) is 16.4. The van der Waals surface area contributed by atoms with E-state index in [4.69, 9.17) is 9.84 Å². The number of nitrogens with one attached hydrogen (secondary N) is 1. The number of esters is 1. The van der Waals surface area contributed by atoms with Gasteiger partial charge < -0.3 is 15.2 Å². The monoisotopic (exact) mass is 366 g/mol. The second kappa shape index (κ2) is 8.21. The molecular formula is C22H26N2O3. The van der Waals surface area contributed by atoms with Gasteiger partial charge in [-0.1, -0.05) is 48.5 Å². The quantitative estimate of drug-likeness (QED) is 0.766. The van der Waals surface area contributed by atoms with Crippen molar-refractivity contribution in [1.82, 2.24) is 10.2 Å². The Labute approximate surface area is 160 Å². The zero-order valence-electron chi connectivity index (χ0n) is 15.4. The average Bonchev–Trinajstić information content (AvgIpc) is 3.04. The third kappa shape index (κ3) is 3.63. The van der Waals surface area contributed by atoms with E-state index in [2.05, 4.69) is 46.6 Å². The number of nitrogens with zero attached hydrogens (tertiary/aromatic N) is 1. The van der Waals surface area contributed by atoms with Crippen LogP contribution in [0.1, 0.15) is 23.5 Å². The Morgan fingerprint density at radius 3 is 2.44 bits per heavy atom. The first-order chi connectivity index (χ1) is 13.3. The summed E-state index contributed by atoms with van der Waals surface area (Å²) in [5.41, 5.74) is 4.92. The number of piperazine rings is 1. The Hall–Kier alpha value is -2.21. The van der Waals surface area contributed by atoms with Gasteiger partial charge in [0.2, 0.25) is 0 Å². The lowest BCUT2D eigenvalue weighted by Gasteiger charge is -2.34. The maximum absolute atomic E-state index is 12.8. The third-order valence-corrected chi connectivity index (χ3v) is 5.58. The Morgan fingerprint density at radius 2 is 1.78 bits per heavy atom. The smallest absolute Gasteiger partial charge is 0.324 e. The molecule has 1 unspecified atom stereocenters. The van der Waals surface area contributed by atoms with Gasteiger partial charge in [0.05, 0.1) is 0 Å². The number of benzene rings is 2. The van der Waals surface area contributed by atoms with Gasteiger partial charge in [-0.2, -0.15) is 0 Å². The molecule has 2 aromatic carbocycles. The fourth-order valence-electron chi connectivity index (χ4n) is 4.22. The number of carbonyl (C=O) groups is 1. The van der Waals surface area contributed by atoms with Crippen LogP contribution in [0.25, 0.3) is 11.1 Å². The number of carbonyl (C=O) groups excluding carboxylic acids is 1. The predicted molar refractivity (Wildman–Crippen MR) is 105 cm³/mol. The Morgan fingerprint density at radius 1 is 1.11 bits per heavy atom. The number of hydrogen-bond acceptors (Lipinski definition) is 5. The first-order valence-electron chi connectivity index (χ1n) is 9.70. The lowest BCUT2D eigenvalue weighted by Crippen LogP contribution is -2.55. The molecule has 1 atom stereocenters. The summed E-state index contributed by atoms with van der Waals surface area (Å²) >= 11 is 0.